The van der Waals surface area contributed by atoms with Gasteiger partial charge in [0.1, 0.15) is 5.82 Å². The Morgan fingerprint density at radius 1 is 1.19 bits per heavy atom. The second-order valence-electron chi connectivity index (χ2n) is 9.91. The number of morpholine rings is 1. The zero-order valence-electron chi connectivity index (χ0n) is 21.1. The van der Waals surface area contributed by atoms with Gasteiger partial charge in [-0.2, -0.15) is 15.1 Å². The van der Waals surface area contributed by atoms with Crippen molar-refractivity contribution in [3.05, 3.63) is 35.0 Å². The predicted octanol–water partition coefficient (Wildman–Crippen LogP) is 3.20. The number of rotatable bonds is 7. The Morgan fingerprint density at radius 2 is 2.00 bits per heavy atom. The third kappa shape index (κ3) is 4.73. The molecule has 0 saturated carbocycles. The maximum atomic E-state index is 11.9. The largest absolute Gasteiger partial charge is 0.467 e. The molecule has 3 aliphatic heterocycles. The first-order valence-electron chi connectivity index (χ1n) is 12.9. The molecule has 3 saturated heterocycles. The van der Waals surface area contributed by atoms with Gasteiger partial charge < -0.3 is 19.1 Å². The first-order chi connectivity index (χ1) is 18.0. The topological polar surface area (TPSA) is 94.8 Å². The summed E-state index contributed by atoms with van der Waals surface area (Å²) >= 11 is 6.76. The number of hydrogen-bond acceptors (Lipinski definition) is 9. The number of halogens is 1. The van der Waals surface area contributed by atoms with Crippen molar-refractivity contribution < 1.29 is 19.0 Å². The highest BCUT2D eigenvalue weighted by atomic mass is 35.5. The number of likely N-dealkylation sites (tertiary alicyclic amines) is 1. The molecule has 1 aromatic carbocycles. The van der Waals surface area contributed by atoms with E-state index in [0.717, 1.165) is 72.8 Å². The first kappa shape index (κ1) is 24.4. The van der Waals surface area contributed by atoms with Crippen LogP contribution in [0, 0.1) is 0 Å². The third-order valence-electron chi connectivity index (χ3n) is 7.64. The molecule has 5 heterocycles. The SMILES string of the molecule is CCOC(=O)CN1CCC(c2cc3c(cnn3-c3cc(N4CC5CC4CO5)nc(OC)n3)cc2Cl)CC1. The van der Waals surface area contributed by atoms with Gasteiger partial charge in [0.05, 0.1) is 50.7 Å². The monoisotopic (exact) mass is 526 g/mol. The molecule has 37 heavy (non-hydrogen) atoms. The van der Waals surface area contributed by atoms with E-state index in [0.29, 0.717) is 36.9 Å². The van der Waals surface area contributed by atoms with E-state index in [-0.39, 0.29) is 12.1 Å². The number of carbonyl (C=O) groups is 1. The number of methoxy groups -OCH3 is 1. The fourth-order valence-electron chi connectivity index (χ4n) is 5.78. The van der Waals surface area contributed by atoms with Gasteiger partial charge in [-0.3, -0.25) is 9.69 Å². The molecule has 2 atom stereocenters. The number of fused-ring (bicyclic) bond motifs is 3. The van der Waals surface area contributed by atoms with Crippen molar-refractivity contribution in [1.82, 2.24) is 24.6 Å². The zero-order valence-corrected chi connectivity index (χ0v) is 21.9. The van der Waals surface area contributed by atoms with E-state index in [1.54, 1.807) is 7.11 Å². The van der Waals surface area contributed by atoms with Crippen LogP contribution in [0.4, 0.5) is 5.82 Å². The highest BCUT2D eigenvalue weighted by molar-refractivity contribution is 6.32. The van der Waals surface area contributed by atoms with Crippen LogP contribution >= 0.6 is 11.6 Å². The van der Waals surface area contributed by atoms with Gasteiger partial charge in [0.25, 0.3) is 0 Å². The molecule has 196 valence electrons. The Morgan fingerprint density at radius 3 is 2.70 bits per heavy atom. The molecule has 3 fully saturated rings. The minimum absolute atomic E-state index is 0.168. The van der Waals surface area contributed by atoms with Crippen molar-refractivity contribution in [3.63, 3.8) is 0 Å². The van der Waals surface area contributed by atoms with Crippen LogP contribution in [0.25, 0.3) is 16.7 Å². The molecule has 11 heteroatoms. The minimum atomic E-state index is -0.168. The highest BCUT2D eigenvalue weighted by Crippen LogP contribution is 2.37. The van der Waals surface area contributed by atoms with Crippen LogP contribution in [0.1, 0.15) is 37.7 Å². The fourth-order valence-corrected chi connectivity index (χ4v) is 6.10. The lowest BCUT2D eigenvalue weighted by molar-refractivity contribution is -0.144. The molecule has 0 spiro atoms. The second-order valence-corrected chi connectivity index (χ2v) is 10.3. The van der Waals surface area contributed by atoms with Gasteiger partial charge in [0.2, 0.25) is 0 Å². The number of esters is 1. The van der Waals surface area contributed by atoms with Crippen molar-refractivity contribution in [2.24, 2.45) is 0 Å². The van der Waals surface area contributed by atoms with Gasteiger partial charge in [0.15, 0.2) is 5.82 Å². The molecule has 2 unspecified atom stereocenters. The maximum Gasteiger partial charge on any atom is 0.320 e. The molecular formula is C26H31ClN6O4. The molecular weight excluding hydrogens is 496 g/mol. The number of hydrogen-bond donors (Lipinski definition) is 0. The molecule has 2 aromatic heterocycles. The molecule has 6 rings (SSSR count). The first-order valence-corrected chi connectivity index (χ1v) is 13.3. The molecule has 0 radical (unpaired) electrons. The zero-order chi connectivity index (χ0) is 25.5. The Hall–Kier alpha value is -2.95. The third-order valence-corrected chi connectivity index (χ3v) is 7.97. The van der Waals surface area contributed by atoms with E-state index in [4.69, 9.17) is 25.8 Å². The van der Waals surface area contributed by atoms with Gasteiger partial charge in [-0.1, -0.05) is 11.6 Å². The quantitative estimate of drug-likeness (QED) is 0.430. The summed E-state index contributed by atoms with van der Waals surface area (Å²) in [6, 6.07) is 6.72. The summed E-state index contributed by atoms with van der Waals surface area (Å²) in [5, 5.41) is 6.34. The Bertz CT molecular complexity index is 1310. The smallest absolute Gasteiger partial charge is 0.320 e. The minimum Gasteiger partial charge on any atom is -0.467 e. The number of anilines is 1. The Kier molecular flexibility index (Phi) is 6.64. The van der Waals surface area contributed by atoms with Crippen molar-refractivity contribution in [2.45, 2.75) is 44.2 Å². The average Bonchev–Trinajstić information content (AvgIpc) is 3.64. The number of nitrogens with zero attached hydrogens (tertiary/aromatic N) is 6. The summed E-state index contributed by atoms with van der Waals surface area (Å²) < 4.78 is 18.2. The van der Waals surface area contributed by atoms with Gasteiger partial charge >= 0.3 is 12.0 Å². The number of carbonyl (C=O) groups excluding carboxylic acids is 1. The number of ether oxygens (including phenoxy) is 3. The molecule has 0 amide bonds. The molecule has 3 aromatic rings. The lowest BCUT2D eigenvalue weighted by atomic mass is 9.89. The summed E-state index contributed by atoms with van der Waals surface area (Å²) in [5.41, 5.74) is 2.04. The number of aromatic nitrogens is 4. The van der Waals surface area contributed by atoms with E-state index in [1.165, 1.54) is 0 Å². The lowest BCUT2D eigenvalue weighted by Crippen LogP contribution is -2.37. The average molecular weight is 527 g/mol. The van der Waals surface area contributed by atoms with Gasteiger partial charge in [-0.05, 0) is 62.9 Å². The van der Waals surface area contributed by atoms with E-state index >= 15 is 0 Å². The van der Waals surface area contributed by atoms with E-state index in [9.17, 15) is 4.79 Å². The van der Waals surface area contributed by atoms with Crippen molar-refractivity contribution in [3.8, 4) is 11.8 Å². The summed E-state index contributed by atoms with van der Waals surface area (Å²) in [4.78, 5) is 25.5. The van der Waals surface area contributed by atoms with Crippen LogP contribution in [-0.2, 0) is 14.3 Å². The van der Waals surface area contributed by atoms with Crippen LogP contribution in [-0.4, -0.2) is 89.3 Å². The van der Waals surface area contributed by atoms with Crippen LogP contribution in [0.2, 0.25) is 5.02 Å². The normalized spacial score (nSPS) is 22.2. The molecule has 2 bridgehead atoms. The summed E-state index contributed by atoms with van der Waals surface area (Å²) in [6.45, 7) is 5.76. The Labute approximate surface area is 220 Å². The number of benzene rings is 1. The standard InChI is InChI=1S/C26H31ClN6O4/c1-3-36-25(34)14-31-6-4-16(5-7-31)20-10-22-17(8-21(20)27)12-28-33(22)24-11-23(29-26(30-24)35-2)32-13-19-9-18(32)15-37-19/h8,10-12,16,18-19H,3-7,9,13-15H2,1-2H3. The molecule has 3 aliphatic rings. The second kappa shape index (κ2) is 10.1. The lowest BCUT2D eigenvalue weighted by Gasteiger charge is -2.31. The molecule has 0 N–H and O–H groups in total. The van der Waals surface area contributed by atoms with Crippen molar-refractivity contribution in [1.29, 1.82) is 0 Å². The summed E-state index contributed by atoms with van der Waals surface area (Å²) in [7, 11) is 1.58. The van der Waals surface area contributed by atoms with E-state index in [1.807, 2.05) is 29.9 Å². The number of piperidine rings is 1. The van der Waals surface area contributed by atoms with Crippen LogP contribution in [0.5, 0.6) is 6.01 Å². The fraction of sp³-hybridized carbons (Fsp3) is 0.538. The molecule has 0 aliphatic carbocycles. The van der Waals surface area contributed by atoms with Gasteiger partial charge in [0, 0.05) is 23.0 Å². The predicted molar refractivity (Wildman–Crippen MR) is 139 cm³/mol. The van der Waals surface area contributed by atoms with Gasteiger partial charge in [-0.25, -0.2) is 4.68 Å². The van der Waals surface area contributed by atoms with Crippen LogP contribution < -0.4 is 9.64 Å². The molecule has 10 nitrogen and oxygen atoms in total. The van der Waals surface area contributed by atoms with Crippen LogP contribution in [0.15, 0.2) is 24.4 Å². The van der Waals surface area contributed by atoms with E-state index < -0.39 is 0 Å². The Balaban J connectivity index is 1.28. The summed E-state index contributed by atoms with van der Waals surface area (Å²) in [6.07, 6.45) is 4.93. The van der Waals surface area contributed by atoms with Gasteiger partial charge in [-0.15, -0.1) is 0 Å². The highest BCUT2D eigenvalue weighted by Gasteiger charge is 2.40. The van der Waals surface area contributed by atoms with E-state index in [2.05, 4.69) is 30.9 Å². The maximum absolute atomic E-state index is 11.9. The van der Waals surface area contributed by atoms with Crippen molar-refractivity contribution >= 4 is 34.3 Å². The summed E-state index contributed by atoms with van der Waals surface area (Å²) in [5.74, 6) is 1.61. The van der Waals surface area contributed by atoms with Crippen molar-refractivity contribution in [2.75, 3.05) is 51.4 Å². The van der Waals surface area contributed by atoms with Crippen LogP contribution in [0.3, 0.4) is 0 Å².